The molecular formula is C42H52N6O6. The molecule has 3 unspecified atom stereocenters. The molecule has 5 atom stereocenters. The number of carbonyl (C=O) groups is 4. The highest BCUT2D eigenvalue weighted by molar-refractivity contribution is 5.88. The number of nitrogens with one attached hydrogen (secondary N) is 5. The summed E-state index contributed by atoms with van der Waals surface area (Å²) in [4.78, 5) is 57.7. The average molecular weight is 737 g/mol. The highest BCUT2D eigenvalue weighted by Crippen LogP contribution is 2.16. The summed E-state index contributed by atoms with van der Waals surface area (Å²) in [6, 6.07) is 27.3. The Labute approximate surface area is 317 Å². The van der Waals surface area contributed by atoms with Gasteiger partial charge in [0.15, 0.2) is 0 Å². The zero-order valence-electron chi connectivity index (χ0n) is 31.3. The molecular weight excluding hydrogens is 684 g/mol. The Kier molecular flexibility index (Phi) is 16.0. The number of aliphatic hydroxyl groups is 1. The number of nitrogens with zero attached hydrogens (tertiary/aromatic N) is 1. The quantitative estimate of drug-likeness (QED) is 0.0862. The molecule has 0 aliphatic heterocycles. The van der Waals surface area contributed by atoms with Crippen molar-refractivity contribution in [2.45, 2.75) is 84.0 Å². The lowest BCUT2D eigenvalue weighted by molar-refractivity contribution is -0.126. The standard InChI is InChI=1S/C42H52N6O6/c1-28(2)36(47-41(52)44-26-33-21-14-22-43-25-33)39(50)45-34(23-30-15-8-5-9-16-30)38(49)35(24-31-17-10-6-11-18-31)46-40(51)37(29(3)4)48-42(53)54-27-32-19-12-7-13-20-32/h5-22,25,28-29,34-38,49H,23-24,26-27H2,1-4H3,(H,45,50)(H,46,51)(H,48,53)(H2,44,47,52)/t34?,35?,36-,37-,38?/m0/s1. The van der Waals surface area contributed by atoms with Crippen molar-refractivity contribution in [1.82, 2.24) is 31.6 Å². The molecule has 0 spiro atoms. The van der Waals surface area contributed by atoms with Gasteiger partial charge >= 0.3 is 12.1 Å². The largest absolute Gasteiger partial charge is 0.445 e. The molecule has 4 rings (SSSR count). The maximum Gasteiger partial charge on any atom is 0.408 e. The number of pyridine rings is 1. The summed E-state index contributed by atoms with van der Waals surface area (Å²) in [6.45, 7) is 7.49. The van der Waals surface area contributed by atoms with Gasteiger partial charge in [0.2, 0.25) is 11.8 Å². The van der Waals surface area contributed by atoms with E-state index in [0.29, 0.717) is 0 Å². The second-order valence-electron chi connectivity index (χ2n) is 13.9. The molecule has 12 heteroatoms. The predicted molar refractivity (Wildman–Crippen MR) is 207 cm³/mol. The first-order chi connectivity index (χ1) is 26.0. The van der Waals surface area contributed by atoms with Crippen molar-refractivity contribution in [2.24, 2.45) is 11.8 Å². The SMILES string of the molecule is CC(C)[C@H](NC(=O)NCc1cccnc1)C(=O)NC(Cc1ccccc1)C(O)C(Cc1ccccc1)NC(=O)[C@@H](NC(=O)OCc1ccccc1)C(C)C. The van der Waals surface area contributed by atoms with Crippen LogP contribution in [0.25, 0.3) is 0 Å². The molecule has 0 saturated heterocycles. The summed E-state index contributed by atoms with van der Waals surface area (Å²) in [5.41, 5.74) is 3.29. The van der Waals surface area contributed by atoms with Crippen molar-refractivity contribution in [2.75, 3.05) is 0 Å². The molecule has 286 valence electrons. The first-order valence-corrected chi connectivity index (χ1v) is 18.3. The first kappa shape index (κ1) is 41.0. The Balaban J connectivity index is 1.54. The summed E-state index contributed by atoms with van der Waals surface area (Å²) in [7, 11) is 0. The summed E-state index contributed by atoms with van der Waals surface area (Å²) in [6.07, 6.45) is 1.68. The summed E-state index contributed by atoms with van der Waals surface area (Å²) >= 11 is 0. The van der Waals surface area contributed by atoms with Crippen LogP contribution < -0.4 is 26.6 Å². The van der Waals surface area contributed by atoms with Gasteiger partial charge in [0.25, 0.3) is 0 Å². The van der Waals surface area contributed by atoms with Crippen molar-refractivity contribution >= 4 is 23.9 Å². The molecule has 0 radical (unpaired) electrons. The molecule has 0 aliphatic carbocycles. The fourth-order valence-corrected chi connectivity index (χ4v) is 5.91. The second-order valence-corrected chi connectivity index (χ2v) is 13.9. The van der Waals surface area contributed by atoms with Gasteiger partial charge in [-0.25, -0.2) is 9.59 Å². The van der Waals surface area contributed by atoms with Gasteiger partial charge in [-0.2, -0.15) is 0 Å². The van der Waals surface area contributed by atoms with Gasteiger partial charge in [0.1, 0.15) is 18.7 Å². The number of aliphatic hydroxyl groups excluding tert-OH is 1. The minimum absolute atomic E-state index is 0.0354. The summed E-state index contributed by atoms with van der Waals surface area (Å²) < 4.78 is 5.40. The van der Waals surface area contributed by atoms with E-state index in [1.165, 1.54) is 0 Å². The molecule has 0 aliphatic rings. The molecule has 0 saturated carbocycles. The molecule has 0 bridgehead atoms. The van der Waals surface area contributed by atoms with Gasteiger partial charge < -0.3 is 36.4 Å². The first-order valence-electron chi connectivity index (χ1n) is 18.3. The van der Waals surface area contributed by atoms with Gasteiger partial charge in [0.05, 0.1) is 18.2 Å². The maximum atomic E-state index is 14.0. The van der Waals surface area contributed by atoms with E-state index in [2.05, 4.69) is 31.6 Å². The molecule has 4 aromatic rings. The lowest BCUT2D eigenvalue weighted by Gasteiger charge is -2.34. The van der Waals surface area contributed by atoms with Crippen molar-refractivity contribution in [3.8, 4) is 0 Å². The number of amides is 5. The van der Waals surface area contributed by atoms with Crippen LogP contribution in [0.1, 0.15) is 49.9 Å². The van der Waals surface area contributed by atoms with Gasteiger partial charge in [-0.1, -0.05) is 125 Å². The third-order valence-corrected chi connectivity index (χ3v) is 8.92. The van der Waals surface area contributed by atoms with Crippen molar-refractivity contribution in [3.63, 3.8) is 0 Å². The lowest BCUT2D eigenvalue weighted by atomic mass is 9.91. The normalized spacial score (nSPS) is 13.8. The monoisotopic (exact) mass is 736 g/mol. The minimum Gasteiger partial charge on any atom is -0.445 e. The molecule has 0 fully saturated rings. The predicted octanol–water partition coefficient (Wildman–Crippen LogP) is 4.67. The van der Waals surface area contributed by atoms with E-state index >= 15 is 0 Å². The number of hydrogen-bond donors (Lipinski definition) is 6. The van der Waals surface area contributed by atoms with Crippen LogP contribution in [0.5, 0.6) is 0 Å². The van der Waals surface area contributed by atoms with E-state index in [0.717, 1.165) is 22.3 Å². The van der Waals surface area contributed by atoms with Crippen molar-refractivity contribution in [3.05, 3.63) is 138 Å². The Morgan fingerprint density at radius 2 is 1.07 bits per heavy atom. The third-order valence-electron chi connectivity index (χ3n) is 8.92. The Morgan fingerprint density at radius 3 is 1.54 bits per heavy atom. The van der Waals surface area contributed by atoms with Crippen LogP contribution in [0, 0.1) is 11.8 Å². The van der Waals surface area contributed by atoms with Gasteiger partial charge in [0, 0.05) is 18.9 Å². The number of aromatic nitrogens is 1. The van der Waals surface area contributed by atoms with E-state index in [1.807, 2.05) is 111 Å². The summed E-state index contributed by atoms with van der Waals surface area (Å²) in [5.74, 6) is -1.64. The Hall–Kier alpha value is -5.75. The van der Waals surface area contributed by atoms with E-state index in [-0.39, 0.29) is 37.8 Å². The third kappa shape index (κ3) is 13.3. The molecule has 3 aromatic carbocycles. The number of urea groups is 1. The smallest absolute Gasteiger partial charge is 0.408 e. The number of ether oxygens (including phenoxy) is 1. The molecule has 12 nitrogen and oxygen atoms in total. The molecule has 54 heavy (non-hydrogen) atoms. The van der Waals surface area contributed by atoms with E-state index in [4.69, 9.17) is 4.74 Å². The van der Waals surface area contributed by atoms with Crippen LogP contribution in [-0.2, 0) is 40.3 Å². The molecule has 5 amide bonds. The summed E-state index contributed by atoms with van der Waals surface area (Å²) in [5, 5.41) is 26.4. The highest BCUT2D eigenvalue weighted by atomic mass is 16.5. The van der Waals surface area contributed by atoms with E-state index in [9.17, 15) is 24.3 Å². The van der Waals surface area contributed by atoms with Crippen LogP contribution in [0.2, 0.25) is 0 Å². The van der Waals surface area contributed by atoms with Gasteiger partial charge in [-0.15, -0.1) is 0 Å². The number of carbonyl (C=O) groups excluding carboxylic acids is 4. The molecule has 1 heterocycles. The Bertz CT molecular complexity index is 1620. The van der Waals surface area contributed by atoms with Crippen LogP contribution >= 0.6 is 0 Å². The van der Waals surface area contributed by atoms with Crippen molar-refractivity contribution < 1.29 is 29.0 Å². The topological polar surface area (TPSA) is 171 Å². The minimum atomic E-state index is -1.30. The van der Waals surface area contributed by atoms with Gasteiger partial charge in [-0.05, 0) is 53.0 Å². The number of alkyl carbamates (subject to hydrolysis) is 1. The van der Waals surface area contributed by atoms with Gasteiger partial charge in [-0.3, -0.25) is 14.6 Å². The number of rotatable bonds is 18. The zero-order chi connectivity index (χ0) is 38.9. The molecule has 1 aromatic heterocycles. The van der Waals surface area contributed by atoms with Crippen LogP contribution in [0.15, 0.2) is 116 Å². The van der Waals surface area contributed by atoms with Crippen LogP contribution in [-0.4, -0.2) is 64.3 Å². The molecule has 6 N–H and O–H groups in total. The van der Waals surface area contributed by atoms with E-state index in [1.54, 1.807) is 32.3 Å². The fraction of sp³-hybridized carbons (Fsp3) is 0.357. The maximum absolute atomic E-state index is 14.0. The number of benzene rings is 3. The van der Waals surface area contributed by atoms with Crippen LogP contribution in [0.4, 0.5) is 9.59 Å². The van der Waals surface area contributed by atoms with Crippen molar-refractivity contribution in [1.29, 1.82) is 0 Å². The zero-order valence-corrected chi connectivity index (χ0v) is 31.3. The van der Waals surface area contributed by atoms with E-state index < -0.39 is 54.2 Å². The van der Waals surface area contributed by atoms with Crippen LogP contribution in [0.3, 0.4) is 0 Å². The average Bonchev–Trinajstić information content (AvgIpc) is 3.17. The number of hydrogen-bond acceptors (Lipinski definition) is 7. The Morgan fingerprint density at radius 1 is 0.611 bits per heavy atom. The lowest BCUT2D eigenvalue weighted by Crippen LogP contribution is -2.61. The fourth-order valence-electron chi connectivity index (χ4n) is 5.91. The second kappa shape index (κ2) is 21.1. The highest BCUT2D eigenvalue weighted by Gasteiger charge is 2.35.